The number of hydrogen-bond donors (Lipinski definition) is 2. The van der Waals surface area contributed by atoms with Gasteiger partial charge < -0.3 is 11.1 Å². The van der Waals surface area contributed by atoms with Gasteiger partial charge in [-0.1, -0.05) is 30.3 Å². The van der Waals surface area contributed by atoms with Gasteiger partial charge >= 0.3 is 0 Å². The summed E-state index contributed by atoms with van der Waals surface area (Å²) in [6.07, 6.45) is 0. The monoisotopic (exact) mass is 325 g/mol. The predicted molar refractivity (Wildman–Crippen MR) is 93.3 cm³/mol. The van der Waals surface area contributed by atoms with Crippen molar-refractivity contribution in [2.24, 2.45) is 5.73 Å². The van der Waals surface area contributed by atoms with Crippen LogP contribution in [0, 0.1) is 0 Å². The average molecular weight is 326 g/mol. The summed E-state index contributed by atoms with van der Waals surface area (Å²) in [4.78, 5) is 14.5. The van der Waals surface area contributed by atoms with Gasteiger partial charge in [0.2, 0.25) is 5.91 Å². The number of amides is 1. The molecule has 0 spiro atoms. The van der Waals surface area contributed by atoms with E-state index in [1.807, 2.05) is 45.9 Å². The second-order valence-corrected chi connectivity index (χ2v) is 7.05. The van der Waals surface area contributed by atoms with Crippen molar-refractivity contribution in [1.29, 1.82) is 0 Å². The maximum atomic E-state index is 12.3. The number of likely N-dealkylation sites (tertiary alicyclic amines) is 1. The average Bonchev–Trinajstić information content (AvgIpc) is 2.79. The van der Waals surface area contributed by atoms with Crippen LogP contribution in [0.25, 0.3) is 0 Å². The van der Waals surface area contributed by atoms with Crippen LogP contribution < -0.4 is 11.1 Å². The van der Waals surface area contributed by atoms with Crippen molar-refractivity contribution < 1.29 is 4.79 Å². The summed E-state index contributed by atoms with van der Waals surface area (Å²) in [6, 6.07) is 10.3. The molecule has 0 bridgehead atoms. The quantitative estimate of drug-likeness (QED) is 0.895. The van der Waals surface area contributed by atoms with Crippen molar-refractivity contribution in [3.8, 4) is 0 Å². The van der Waals surface area contributed by atoms with Crippen molar-refractivity contribution in [3.63, 3.8) is 0 Å². The zero-order valence-electron chi connectivity index (χ0n) is 13.9. The van der Waals surface area contributed by atoms with E-state index >= 15 is 0 Å². The van der Waals surface area contributed by atoms with E-state index in [-0.39, 0.29) is 35.9 Å². The zero-order valence-corrected chi connectivity index (χ0v) is 14.7. The minimum absolute atomic E-state index is 0. The molecule has 1 heterocycles. The molecule has 0 aliphatic carbocycles. The third kappa shape index (κ3) is 4.70. The molecule has 2 rings (SSSR count). The summed E-state index contributed by atoms with van der Waals surface area (Å²) in [7, 11) is 0. The fourth-order valence-electron chi connectivity index (χ4n) is 2.87. The van der Waals surface area contributed by atoms with Crippen LogP contribution >= 0.6 is 12.4 Å². The summed E-state index contributed by atoms with van der Waals surface area (Å²) in [5.74, 6) is 0.375. The van der Waals surface area contributed by atoms with E-state index in [4.69, 9.17) is 5.73 Å². The van der Waals surface area contributed by atoms with Crippen LogP contribution in [0.3, 0.4) is 0 Å². The molecule has 1 fully saturated rings. The molecule has 0 aromatic heterocycles. The molecule has 1 aliphatic heterocycles. The molecule has 1 unspecified atom stereocenters. The molecule has 4 nitrogen and oxygen atoms in total. The van der Waals surface area contributed by atoms with Crippen LogP contribution in [0.1, 0.15) is 39.2 Å². The molecular weight excluding hydrogens is 298 g/mol. The van der Waals surface area contributed by atoms with Gasteiger partial charge in [0, 0.05) is 30.6 Å². The fraction of sp³-hybridized carbons (Fsp3) is 0.588. The van der Waals surface area contributed by atoms with Crippen LogP contribution in [-0.2, 0) is 4.79 Å². The van der Waals surface area contributed by atoms with Gasteiger partial charge in [0.25, 0.3) is 0 Å². The number of nitrogens with zero attached hydrogens (tertiary/aromatic N) is 1. The molecular formula is C17H28ClN3O. The van der Waals surface area contributed by atoms with Gasteiger partial charge in [0.1, 0.15) is 0 Å². The minimum Gasteiger partial charge on any atom is -0.350 e. The number of hydrogen-bond acceptors (Lipinski definition) is 3. The molecule has 1 aromatic rings. The Kier molecular flexibility index (Phi) is 6.41. The molecule has 3 atom stereocenters. The van der Waals surface area contributed by atoms with E-state index in [2.05, 4.69) is 22.3 Å². The SMILES string of the molecule is CC(C(=O)NC(C)(C)C)N1C[C@@H](N)[C@H](c2ccccc2)C1.Cl. The van der Waals surface area contributed by atoms with Crippen LogP contribution in [-0.4, -0.2) is 41.5 Å². The van der Waals surface area contributed by atoms with E-state index in [1.54, 1.807) is 0 Å². The maximum Gasteiger partial charge on any atom is 0.237 e. The first-order valence-electron chi connectivity index (χ1n) is 7.64. The summed E-state index contributed by atoms with van der Waals surface area (Å²) in [5.41, 5.74) is 7.35. The Balaban J connectivity index is 0.00000242. The lowest BCUT2D eigenvalue weighted by Gasteiger charge is -2.28. The highest BCUT2D eigenvalue weighted by atomic mass is 35.5. The first-order chi connectivity index (χ1) is 9.78. The van der Waals surface area contributed by atoms with Gasteiger partial charge in [0.05, 0.1) is 6.04 Å². The van der Waals surface area contributed by atoms with Crippen molar-refractivity contribution >= 4 is 18.3 Å². The molecule has 3 N–H and O–H groups in total. The summed E-state index contributed by atoms with van der Waals surface area (Å²) in [6.45, 7) is 9.56. The first kappa shape index (κ1) is 18.9. The summed E-state index contributed by atoms with van der Waals surface area (Å²) < 4.78 is 0. The van der Waals surface area contributed by atoms with Crippen molar-refractivity contribution in [2.45, 2.75) is 51.2 Å². The standard InChI is InChI=1S/C17H27N3O.ClH/c1-12(16(21)19-17(2,3)4)20-10-14(15(18)11-20)13-8-6-5-7-9-13;/h5-9,12,14-15H,10-11,18H2,1-4H3,(H,19,21);1H/t12?,14-,15+;/m0./s1. The second-order valence-electron chi connectivity index (χ2n) is 7.05. The largest absolute Gasteiger partial charge is 0.350 e. The number of benzene rings is 1. The Hall–Kier alpha value is -1.10. The molecule has 0 saturated carbocycles. The lowest BCUT2D eigenvalue weighted by molar-refractivity contribution is -0.127. The minimum atomic E-state index is -0.202. The van der Waals surface area contributed by atoms with E-state index < -0.39 is 0 Å². The number of nitrogens with one attached hydrogen (secondary N) is 1. The van der Waals surface area contributed by atoms with Gasteiger partial charge in [0.15, 0.2) is 0 Å². The molecule has 22 heavy (non-hydrogen) atoms. The molecule has 5 heteroatoms. The van der Waals surface area contributed by atoms with E-state index in [0.29, 0.717) is 5.92 Å². The fourth-order valence-corrected chi connectivity index (χ4v) is 2.87. The molecule has 0 radical (unpaired) electrons. The van der Waals surface area contributed by atoms with Gasteiger partial charge in [-0.25, -0.2) is 0 Å². The van der Waals surface area contributed by atoms with Crippen molar-refractivity contribution in [2.75, 3.05) is 13.1 Å². The van der Waals surface area contributed by atoms with Crippen LogP contribution in [0.4, 0.5) is 0 Å². The molecule has 1 saturated heterocycles. The highest BCUT2D eigenvalue weighted by Crippen LogP contribution is 2.27. The summed E-state index contributed by atoms with van der Waals surface area (Å²) >= 11 is 0. The number of rotatable bonds is 3. The van der Waals surface area contributed by atoms with E-state index in [9.17, 15) is 4.79 Å². The van der Waals surface area contributed by atoms with Gasteiger partial charge in [-0.3, -0.25) is 9.69 Å². The number of halogens is 1. The Morgan fingerprint density at radius 3 is 2.41 bits per heavy atom. The predicted octanol–water partition coefficient (Wildman–Crippen LogP) is 2.14. The maximum absolute atomic E-state index is 12.3. The van der Waals surface area contributed by atoms with Gasteiger partial charge in [-0.05, 0) is 33.3 Å². The highest BCUT2D eigenvalue weighted by Gasteiger charge is 2.36. The second kappa shape index (κ2) is 7.44. The van der Waals surface area contributed by atoms with Gasteiger partial charge in [-0.15, -0.1) is 12.4 Å². The Labute approximate surface area is 139 Å². The Bertz CT molecular complexity index is 486. The van der Waals surface area contributed by atoms with Crippen molar-refractivity contribution in [1.82, 2.24) is 10.2 Å². The lowest BCUT2D eigenvalue weighted by atomic mass is 9.95. The van der Waals surface area contributed by atoms with Crippen LogP contribution in [0.15, 0.2) is 30.3 Å². The molecule has 1 amide bonds. The zero-order chi connectivity index (χ0) is 15.6. The smallest absolute Gasteiger partial charge is 0.237 e. The lowest BCUT2D eigenvalue weighted by Crippen LogP contribution is -2.50. The number of carbonyl (C=O) groups excluding carboxylic acids is 1. The van der Waals surface area contributed by atoms with Crippen LogP contribution in [0.2, 0.25) is 0 Å². The molecule has 124 valence electrons. The van der Waals surface area contributed by atoms with Crippen LogP contribution in [0.5, 0.6) is 0 Å². The summed E-state index contributed by atoms with van der Waals surface area (Å²) in [5, 5.41) is 3.04. The topological polar surface area (TPSA) is 58.4 Å². The Morgan fingerprint density at radius 2 is 1.86 bits per heavy atom. The van der Waals surface area contributed by atoms with E-state index in [0.717, 1.165) is 13.1 Å². The number of nitrogens with two attached hydrogens (primary N) is 1. The van der Waals surface area contributed by atoms with Gasteiger partial charge in [-0.2, -0.15) is 0 Å². The number of carbonyl (C=O) groups is 1. The molecule has 1 aliphatic rings. The first-order valence-corrected chi connectivity index (χ1v) is 7.64. The third-order valence-electron chi connectivity index (χ3n) is 4.05. The van der Waals surface area contributed by atoms with E-state index in [1.165, 1.54) is 5.56 Å². The third-order valence-corrected chi connectivity index (χ3v) is 4.05. The Morgan fingerprint density at radius 1 is 1.27 bits per heavy atom. The highest BCUT2D eigenvalue weighted by molar-refractivity contribution is 5.85. The molecule has 1 aromatic carbocycles. The normalized spacial score (nSPS) is 23.7. The van der Waals surface area contributed by atoms with Crippen molar-refractivity contribution in [3.05, 3.63) is 35.9 Å².